The molecule has 1 aliphatic heterocycles. The monoisotopic (exact) mass is 482 g/mol. The molecule has 4 aromatic rings. The maximum Gasteiger partial charge on any atom is 0.236 e. The van der Waals surface area contributed by atoms with E-state index in [0.29, 0.717) is 12.1 Å². The van der Waals surface area contributed by atoms with Gasteiger partial charge >= 0.3 is 0 Å². The number of halogens is 2. The van der Waals surface area contributed by atoms with Crippen LogP contribution in [0.25, 0.3) is 16.2 Å². The Kier molecular flexibility index (Phi) is 6.25. The molecule has 0 atom stereocenters. The van der Waals surface area contributed by atoms with Gasteiger partial charge in [0.05, 0.1) is 18.4 Å². The fourth-order valence-electron chi connectivity index (χ4n) is 3.96. The van der Waals surface area contributed by atoms with E-state index in [1.807, 2.05) is 6.20 Å². The Hall–Kier alpha value is -3.37. The molecule has 1 aliphatic rings. The molecule has 176 valence electrons. The predicted octanol–water partition coefficient (Wildman–Crippen LogP) is 3.52. The van der Waals surface area contributed by atoms with Crippen molar-refractivity contribution in [3.63, 3.8) is 0 Å². The van der Waals surface area contributed by atoms with Gasteiger partial charge in [0, 0.05) is 50.9 Å². The molecule has 0 N–H and O–H groups in total. The van der Waals surface area contributed by atoms with Crippen LogP contribution in [0.3, 0.4) is 0 Å². The number of amides is 1. The van der Waals surface area contributed by atoms with Gasteiger partial charge in [0.2, 0.25) is 16.0 Å². The maximum absolute atomic E-state index is 13.9. The second kappa shape index (κ2) is 9.47. The van der Waals surface area contributed by atoms with Crippen LogP contribution in [0.1, 0.15) is 5.56 Å². The van der Waals surface area contributed by atoms with Crippen molar-refractivity contribution < 1.29 is 13.6 Å². The van der Waals surface area contributed by atoms with Crippen LogP contribution in [-0.4, -0.2) is 70.1 Å². The Labute approximate surface area is 199 Å². The summed E-state index contributed by atoms with van der Waals surface area (Å²) in [6.07, 6.45) is 1.85. The fraction of sp³-hybridized carbons (Fsp3) is 0.292. The van der Waals surface area contributed by atoms with Crippen LogP contribution in [0.5, 0.6) is 0 Å². The van der Waals surface area contributed by atoms with Gasteiger partial charge < -0.3 is 9.80 Å². The first kappa shape index (κ1) is 22.4. The summed E-state index contributed by atoms with van der Waals surface area (Å²) >= 11 is 1.51. The van der Waals surface area contributed by atoms with Crippen LogP contribution >= 0.6 is 11.3 Å². The molecule has 0 aliphatic carbocycles. The largest absolute Gasteiger partial charge is 0.344 e. The average molecular weight is 483 g/mol. The maximum atomic E-state index is 13.9. The number of hydrogen-bond acceptors (Lipinski definition) is 6. The van der Waals surface area contributed by atoms with Gasteiger partial charge in [-0.1, -0.05) is 29.5 Å². The summed E-state index contributed by atoms with van der Waals surface area (Å²) in [6, 6.07) is 12.8. The number of anilines is 1. The molecule has 3 heterocycles. The molecule has 0 radical (unpaired) electrons. The second-order valence-corrected chi connectivity index (χ2v) is 9.28. The van der Waals surface area contributed by atoms with Gasteiger partial charge in [0.1, 0.15) is 11.6 Å². The first-order chi connectivity index (χ1) is 16.5. The lowest BCUT2D eigenvalue weighted by atomic mass is 10.2. The molecule has 34 heavy (non-hydrogen) atoms. The lowest BCUT2D eigenvalue weighted by Gasteiger charge is -2.34. The molecule has 2 aromatic carbocycles. The molecule has 5 rings (SSSR count). The molecule has 7 nitrogen and oxygen atoms in total. The number of piperazine rings is 1. The molecule has 0 unspecified atom stereocenters. The highest BCUT2D eigenvalue weighted by atomic mass is 32.1. The third kappa shape index (κ3) is 4.78. The molecule has 10 heteroatoms. The van der Waals surface area contributed by atoms with Gasteiger partial charge in [0.25, 0.3) is 0 Å². The summed E-state index contributed by atoms with van der Waals surface area (Å²) in [5.74, 6) is -0.601. The summed E-state index contributed by atoms with van der Waals surface area (Å²) in [5, 5.41) is 5.55. The first-order valence-electron chi connectivity index (χ1n) is 11.0. The highest BCUT2D eigenvalue weighted by Crippen LogP contribution is 2.27. The van der Waals surface area contributed by atoms with Crippen LogP contribution in [0.2, 0.25) is 0 Å². The Balaban J connectivity index is 1.15. The van der Waals surface area contributed by atoms with Crippen molar-refractivity contribution in [2.45, 2.75) is 6.54 Å². The summed E-state index contributed by atoms with van der Waals surface area (Å²) in [7, 11) is 1.70. The van der Waals surface area contributed by atoms with Crippen LogP contribution in [0.4, 0.5) is 13.9 Å². The Morgan fingerprint density at radius 2 is 1.79 bits per heavy atom. The Morgan fingerprint density at radius 1 is 1.06 bits per heavy atom. The molecule has 0 saturated carbocycles. The molecule has 1 amide bonds. The highest BCUT2D eigenvalue weighted by Gasteiger charge is 2.23. The third-order valence-corrected chi connectivity index (χ3v) is 6.95. The van der Waals surface area contributed by atoms with E-state index in [4.69, 9.17) is 0 Å². The predicted molar refractivity (Wildman–Crippen MR) is 128 cm³/mol. The number of rotatable bonds is 6. The van der Waals surface area contributed by atoms with Crippen molar-refractivity contribution in [1.82, 2.24) is 24.4 Å². The molecule has 0 bridgehead atoms. The van der Waals surface area contributed by atoms with E-state index in [2.05, 4.69) is 19.9 Å². The molecular weight excluding hydrogens is 458 g/mol. The minimum absolute atomic E-state index is 0.0299. The first-order valence-corrected chi connectivity index (χ1v) is 11.8. The Morgan fingerprint density at radius 3 is 2.50 bits per heavy atom. The van der Waals surface area contributed by atoms with Crippen molar-refractivity contribution in [3.8, 4) is 11.3 Å². The van der Waals surface area contributed by atoms with E-state index in [1.54, 1.807) is 46.8 Å². The van der Waals surface area contributed by atoms with E-state index in [9.17, 15) is 13.6 Å². The lowest BCUT2D eigenvalue weighted by Crippen LogP contribution is -2.49. The highest BCUT2D eigenvalue weighted by molar-refractivity contribution is 7.20. The summed E-state index contributed by atoms with van der Waals surface area (Å²) in [5.41, 5.74) is 2.12. The number of carbonyl (C=O) groups excluding carboxylic acids is 1. The van der Waals surface area contributed by atoms with E-state index < -0.39 is 0 Å². The van der Waals surface area contributed by atoms with Crippen molar-refractivity contribution in [2.75, 3.05) is 44.7 Å². The third-order valence-electron chi connectivity index (χ3n) is 5.97. The number of nitrogens with zero attached hydrogens (tertiary/aromatic N) is 6. The standard InChI is InChI=1S/C24H24F2N6OS/c1-29(14-18-4-2-3-5-20(18)26)22(33)16-30-10-12-31(13-11-30)24-28-32-15-21(27-23(32)34-24)17-6-8-19(25)9-7-17/h2-9,15H,10-14,16H2,1H3. The van der Waals surface area contributed by atoms with E-state index in [0.717, 1.165) is 47.5 Å². The normalized spacial score (nSPS) is 14.6. The zero-order chi connectivity index (χ0) is 23.7. The van der Waals surface area contributed by atoms with Crippen molar-refractivity contribution in [2.24, 2.45) is 0 Å². The molecule has 0 spiro atoms. The van der Waals surface area contributed by atoms with Gasteiger partial charge in [-0.2, -0.15) is 0 Å². The van der Waals surface area contributed by atoms with Gasteiger partial charge in [0.15, 0.2) is 0 Å². The minimum Gasteiger partial charge on any atom is -0.344 e. The number of likely N-dealkylation sites (N-methyl/N-ethyl adjacent to an activating group) is 1. The van der Waals surface area contributed by atoms with Crippen LogP contribution in [-0.2, 0) is 11.3 Å². The van der Waals surface area contributed by atoms with Gasteiger partial charge in [-0.05, 0) is 30.3 Å². The van der Waals surface area contributed by atoms with Crippen LogP contribution in [0.15, 0.2) is 54.7 Å². The SMILES string of the molecule is CN(Cc1ccccc1F)C(=O)CN1CCN(c2nn3cc(-c4ccc(F)cc4)nc3s2)CC1. The summed E-state index contributed by atoms with van der Waals surface area (Å²) < 4.78 is 28.8. The minimum atomic E-state index is -0.296. The smallest absolute Gasteiger partial charge is 0.236 e. The number of hydrogen-bond donors (Lipinski definition) is 0. The number of imidazole rings is 1. The number of aromatic nitrogens is 3. The summed E-state index contributed by atoms with van der Waals surface area (Å²) in [6.45, 7) is 3.55. The quantitative estimate of drug-likeness (QED) is 0.421. The zero-order valence-electron chi connectivity index (χ0n) is 18.7. The second-order valence-electron chi connectivity index (χ2n) is 8.35. The fourth-order valence-corrected chi connectivity index (χ4v) is 4.89. The zero-order valence-corrected chi connectivity index (χ0v) is 19.5. The van der Waals surface area contributed by atoms with E-state index in [1.165, 1.54) is 29.5 Å². The van der Waals surface area contributed by atoms with Gasteiger partial charge in [-0.25, -0.2) is 18.3 Å². The molecule has 1 fully saturated rings. The number of carbonyl (C=O) groups is 1. The van der Waals surface area contributed by atoms with Crippen molar-refractivity contribution in [1.29, 1.82) is 0 Å². The average Bonchev–Trinajstić information content (AvgIpc) is 3.41. The van der Waals surface area contributed by atoms with Crippen LogP contribution in [0, 0.1) is 11.6 Å². The summed E-state index contributed by atoms with van der Waals surface area (Å²) in [4.78, 5) is 23.9. The van der Waals surface area contributed by atoms with Crippen molar-refractivity contribution in [3.05, 3.63) is 71.9 Å². The van der Waals surface area contributed by atoms with E-state index in [-0.39, 0.29) is 24.1 Å². The Bertz CT molecular complexity index is 1270. The van der Waals surface area contributed by atoms with Gasteiger partial charge in [-0.15, -0.1) is 5.10 Å². The lowest BCUT2D eigenvalue weighted by molar-refractivity contribution is -0.131. The molecule has 2 aromatic heterocycles. The number of benzene rings is 2. The topological polar surface area (TPSA) is 57.0 Å². The van der Waals surface area contributed by atoms with Crippen molar-refractivity contribution >= 4 is 27.3 Å². The van der Waals surface area contributed by atoms with Crippen LogP contribution < -0.4 is 4.90 Å². The van der Waals surface area contributed by atoms with E-state index >= 15 is 0 Å². The molecular formula is C24H24F2N6OS. The molecule has 1 saturated heterocycles. The van der Waals surface area contributed by atoms with Gasteiger partial charge in [-0.3, -0.25) is 9.69 Å². The number of fused-ring (bicyclic) bond motifs is 1.